The Morgan fingerprint density at radius 2 is 1.95 bits per heavy atom. The molecule has 0 aliphatic rings. The van der Waals surface area contributed by atoms with E-state index in [0.29, 0.717) is 5.69 Å². The third-order valence-electron chi connectivity index (χ3n) is 2.76. The zero-order valence-electron chi connectivity index (χ0n) is 11.4. The Labute approximate surface area is 129 Å². The summed E-state index contributed by atoms with van der Waals surface area (Å²) in [5.74, 6) is -1.49. The fourth-order valence-electron chi connectivity index (χ4n) is 1.83. The first-order valence-electron chi connectivity index (χ1n) is 6.07. The Morgan fingerprint density at radius 3 is 2.52 bits per heavy atom. The fraction of sp³-hybridized carbons (Fsp3) is 0.231. The van der Waals surface area contributed by atoms with E-state index in [1.807, 2.05) is 26.0 Å². The Hall–Kier alpha value is -2.22. The van der Waals surface area contributed by atoms with Gasteiger partial charge in [-0.15, -0.1) is 5.10 Å². The molecular formula is C13H13BrN4O3. The standard InChI is InChI=1S/C13H13BrN4O3/c1-7-3-9(4-8(2)12(7)14)15-13(21)10-5-18(17-16-10)6-11(19)20/h3-5H,6H2,1-2H3,(H,15,21)(H,19,20). The van der Waals surface area contributed by atoms with E-state index in [9.17, 15) is 9.59 Å². The fourth-order valence-corrected chi connectivity index (χ4v) is 2.06. The number of carbonyl (C=O) groups is 2. The van der Waals surface area contributed by atoms with Crippen LogP contribution in [0.2, 0.25) is 0 Å². The van der Waals surface area contributed by atoms with Gasteiger partial charge in [0, 0.05) is 10.2 Å². The number of nitrogens with zero attached hydrogens (tertiary/aromatic N) is 3. The number of nitrogens with one attached hydrogen (secondary N) is 1. The highest BCUT2D eigenvalue weighted by Gasteiger charge is 2.13. The summed E-state index contributed by atoms with van der Waals surface area (Å²) in [4.78, 5) is 22.6. The predicted molar refractivity (Wildman–Crippen MR) is 79.2 cm³/mol. The second-order valence-corrected chi connectivity index (χ2v) is 5.37. The average Bonchev–Trinajstić information content (AvgIpc) is 2.83. The van der Waals surface area contributed by atoms with Crippen molar-refractivity contribution >= 4 is 33.5 Å². The molecule has 1 aromatic carbocycles. The topological polar surface area (TPSA) is 97.1 Å². The second kappa shape index (κ2) is 6.04. The van der Waals surface area contributed by atoms with Gasteiger partial charge in [0.25, 0.3) is 5.91 Å². The lowest BCUT2D eigenvalue weighted by Crippen LogP contribution is -2.13. The molecule has 0 aliphatic heterocycles. The van der Waals surface area contributed by atoms with E-state index < -0.39 is 11.9 Å². The summed E-state index contributed by atoms with van der Waals surface area (Å²) in [6, 6.07) is 3.66. The summed E-state index contributed by atoms with van der Waals surface area (Å²) in [5, 5.41) is 18.6. The smallest absolute Gasteiger partial charge is 0.325 e. The van der Waals surface area contributed by atoms with Crippen molar-refractivity contribution in [1.29, 1.82) is 0 Å². The maximum absolute atomic E-state index is 12.0. The van der Waals surface area contributed by atoms with Crippen LogP contribution in [-0.4, -0.2) is 32.0 Å². The first-order valence-corrected chi connectivity index (χ1v) is 6.86. The van der Waals surface area contributed by atoms with Crippen molar-refractivity contribution in [3.05, 3.63) is 39.6 Å². The van der Waals surface area contributed by atoms with Crippen LogP contribution < -0.4 is 5.32 Å². The van der Waals surface area contributed by atoms with Gasteiger partial charge in [0.2, 0.25) is 0 Å². The van der Waals surface area contributed by atoms with Crippen LogP contribution >= 0.6 is 15.9 Å². The van der Waals surface area contributed by atoms with Crippen LogP contribution in [-0.2, 0) is 11.3 Å². The van der Waals surface area contributed by atoms with Gasteiger partial charge in [0.15, 0.2) is 5.69 Å². The zero-order chi connectivity index (χ0) is 15.6. The minimum absolute atomic E-state index is 0.0643. The van der Waals surface area contributed by atoms with E-state index in [4.69, 9.17) is 5.11 Å². The summed E-state index contributed by atoms with van der Waals surface area (Å²) in [7, 11) is 0. The summed E-state index contributed by atoms with van der Waals surface area (Å²) in [5.41, 5.74) is 2.71. The molecule has 110 valence electrons. The molecule has 0 bridgehead atoms. The lowest BCUT2D eigenvalue weighted by Gasteiger charge is -2.08. The van der Waals surface area contributed by atoms with Crippen LogP contribution in [0.25, 0.3) is 0 Å². The number of halogens is 1. The van der Waals surface area contributed by atoms with Crippen molar-refractivity contribution in [2.75, 3.05) is 5.32 Å². The maximum Gasteiger partial charge on any atom is 0.325 e. The van der Waals surface area contributed by atoms with Crippen LogP contribution in [0, 0.1) is 13.8 Å². The number of carboxylic acid groups (broad SMARTS) is 1. The van der Waals surface area contributed by atoms with E-state index in [0.717, 1.165) is 20.3 Å². The number of carboxylic acids is 1. The molecule has 0 saturated heterocycles. The predicted octanol–water partition coefficient (Wildman–Crippen LogP) is 1.99. The molecule has 2 aromatic rings. The van der Waals surface area contributed by atoms with Crippen molar-refractivity contribution in [3.63, 3.8) is 0 Å². The first-order chi connectivity index (χ1) is 9.86. The van der Waals surface area contributed by atoms with E-state index in [1.54, 1.807) is 0 Å². The van der Waals surface area contributed by atoms with Crippen molar-refractivity contribution in [2.45, 2.75) is 20.4 Å². The Kier molecular flexibility index (Phi) is 4.37. The minimum atomic E-state index is -1.05. The molecular weight excluding hydrogens is 340 g/mol. The molecule has 21 heavy (non-hydrogen) atoms. The number of carbonyl (C=O) groups excluding carboxylic acids is 1. The molecule has 2 rings (SSSR count). The molecule has 1 heterocycles. The number of hydrogen-bond donors (Lipinski definition) is 2. The number of hydrogen-bond acceptors (Lipinski definition) is 4. The van der Waals surface area contributed by atoms with Gasteiger partial charge >= 0.3 is 5.97 Å². The van der Waals surface area contributed by atoms with Gasteiger partial charge in [-0.1, -0.05) is 21.1 Å². The van der Waals surface area contributed by atoms with Gasteiger partial charge in [-0.25, -0.2) is 4.68 Å². The first kappa shape index (κ1) is 15.2. The zero-order valence-corrected chi connectivity index (χ0v) is 13.0. The van der Waals surface area contributed by atoms with Crippen molar-refractivity contribution < 1.29 is 14.7 Å². The van der Waals surface area contributed by atoms with E-state index in [2.05, 4.69) is 31.6 Å². The van der Waals surface area contributed by atoms with Crippen molar-refractivity contribution in [1.82, 2.24) is 15.0 Å². The summed E-state index contributed by atoms with van der Waals surface area (Å²) >= 11 is 3.46. The molecule has 2 N–H and O–H groups in total. The van der Waals surface area contributed by atoms with Crippen molar-refractivity contribution in [3.8, 4) is 0 Å². The Balaban J connectivity index is 2.14. The largest absolute Gasteiger partial charge is 0.480 e. The molecule has 0 radical (unpaired) electrons. The number of rotatable bonds is 4. The number of amides is 1. The highest BCUT2D eigenvalue weighted by molar-refractivity contribution is 9.10. The van der Waals surface area contributed by atoms with Crippen molar-refractivity contribution in [2.24, 2.45) is 0 Å². The minimum Gasteiger partial charge on any atom is -0.480 e. The summed E-state index contributed by atoms with van der Waals surface area (Å²) in [6.07, 6.45) is 1.29. The molecule has 0 unspecified atom stereocenters. The van der Waals surface area contributed by atoms with Gasteiger partial charge in [-0.3, -0.25) is 9.59 Å². The molecule has 0 spiro atoms. The van der Waals surface area contributed by atoms with Crippen LogP contribution in [0.4, 0.5) is 5.69 Å². The average molecular weight is 353 g/mol. The molecule has 1 aromatic heterocycles. The number of aryl methyl sites for hydroxylation is 2. The Morgan fingerprint density at radius 1 is 1.33 bits per heavy atom. The normalized spacial score (nSPS) is 10.4. The lowest BCUT2D eigenvalue weighted by molar-refractivity contribution is -0.137. The number of aliphatic carboxylic acids is 1. The highest BCUT2D eigenvalue weighted by atomic mass is 79.9. The molecule has 1 amide bonds. The second-order valence-electron chi connectivity index (χ2n) is 4.57. The molecule has 7 nitrogen and oxygen atoms in total. The van der Waals surface area contributed by atoms with Gasteiger partial charge in [-0.05, 0) is 37.1 Å². The summed E-state index contributed by atoms with van der Waals surface area (Å²) in [6.45, 7) is 3.52. The van der Waals surface area contributed by atoms with Crippen LogP contribution in [0.15, 0.2) is 22.8 Å². The van der Waals surface area contributed by atoms with Crippen LogP contribution in [0.5, 0.6) is 0 Å². The molecule has 0 fully saturated rings. The van der Waals surface area contributed by atoms with Gasteiger partial charge in [0.05, 0.1) is 6.20 Å². The van der Waals surface area contributed by atoms with E-state index in [-0.39, 0.29) is 12.2 Å². The SMILES string of the molecule is Cc1cc(NC(=O)c2cn(CC(=O)O)nn2)cc(C)c1Br. The number of anilines is 1. The molecule has 0 aliphatic carbocycles. The van der Waals surface area contributed by atoms with E-state index >= 15 is 0 Å². The Bertz CT molecular complexity index is 688. The molecule has 0 atom stereocenters. The van der Waals surface area contributed by atoms with Crippen LogP contribution in [0.3, 0.4) is 0 Å². The molecule has 0 saturated carbocycles. The third kappa shape index (κ3) is 3.66. The van der Waals surface area contributed by atoms with E-state index in [1.165, 1.54) is 6.20 Å². The maximum atomic E-state index is 12.0. The monoisotopic (exact) mass is 352 g/mol. The van der Waals surface area contributed by atoms with Gasteiger partial charge in [0.1, 0.15) is 6.54 Å². The number of aromatic nitrogens is 3. The lowest BCUT2D eigenvalue weighted by atomic mass is 10.1. The summed E-state index contributed by atoms with van der Waals surface area (Å²) < 4.78 is 2.09. The van der Waals surface area contributed by atoms with Gasteiger partial charge in [-0.2, -0.15) is 0 Å². The molecule has 8 heteroatoms. The highest BCUT2D eigenvalue weighted by Crippen LogP contribution is 2.25. The van der Waals surface area contributed by atoms with Crippen LogP contribution in [0.1, 0.15) is 21.6 Å². The van der Waals surface area contributed by atoms with Gasteiger partial charge < -0.3 is 10.4 Å². The third-order valence-corrected chi connectivity index (χ3v) is 4.01. The quantitative estimate of drug-likeness (QED) is 0.876. The number of benzene rings is 1.